The zero-order chi connectivity index (χ0) is 23.2. The summed E-state index contributed by atoms with van der Waals surface area (Å²) in [5.41, 5.74) is 1.00. The number of ether oxygens (including phenoxy) is 2. The molecule has 1 aromatic heterocycles. The van der Waals surface area contributed by atoms with Crippen LogP contribution in [-0.2, 0) is 31.7 Å². The second-order valence-corrected chi connectivity index (χ2v) is 11.7. The third-order valence-electron chi connectivity index (χ3n) is 4.51. The molecule has 8 heteroatoms. The van der Waals surface area contributed by atoms with Crippen LogP contribution in [0.4, 0.5) is 4.79 Å². The van der Waals surface area contributed by atoms with Gasteiger partial charge in [0.15, 0.2) is 9.84 Å². The van der Waals surface area contributed by atoms with E-state index in [0.717, 1.165) is 21.2 Å². The first-order valence-corrected chi connectivity index (χ1v) is 13.1. The highest BCUT2D eigenvalue weighted by atomic mass is 32.2. The topological polar surface area (TPSA) is 81.7 Å². The SMILES string of the molecule is CC(C)(C)OC(=O)NC(COCc1ccccc1)CS(=O)(=O)Cc1ccc2sccc2c1. The van der Waals surface area contributed by atoms with Crippen molar-refractivity contribution >= 4 is 37.4 Å². The molecule has 3 rings (SSSR count). The van der Waals surface area contributed by atoms with Crippen LogP contribution in [0.15, 0.2) is 60.0 Å². The van der Waals surface area contributed by atoms with E-state index in [0.29, 0.717) is 6.61 Å². The van der Waals surface area contributed by atoms with E-state index in [1.165, 1.54) is 0 Å². The van der Waals surface area contributed by atoms with Crippen molar-refractivity contribution in [3.8, 4) is 0 Å². The van der Waals surface area contributed by atoms with E-state index in [1.807, 2.05) is 60.0 Å². The molecule has 0 spiro atoms. The number of benzene rings is 2. The van der Waals surface area contributed by atoms with Gasteiger partial charge in [0.2, 0.25) is 0 Å². The first-order chi connectivity index (χ1) is 15.1. The molecule has 1 unspecified atom stereocenters. The Kier molecular flexibility index (Phi) is 7.92. The van der Waals surface area contributed by atoms with Gasteiger partial charge in [-0.3, -0.25) is 0 Å². The van der Waals surface area contributed by atoms with E-state index in [9.17, 15) is 13.2 Å². The van der Waals surface area contributed by atoms with Crippen molar-refractivity contribution in [2.45, 2.75) is 44.8 Å². The maximum atomic E-state index is 12.9. The van der Waals surface area contributed by atoms with Gasteiger partial charge in [0.25, 0.3) is 0 Å². The van der Waals surface area contributed by atoms with Gasteiger partial charge in [-0.1, -0.05) is 36.4 Å². The lowest BCUT2D eigenvalue weighted by Crippen LogP contribution is -2.45. The number of carbonyl (C=O) groups is 1. The van der Waals surface area contributed by atoms with Crippen molar-refractivity contribution in [1.82, 2.24) is 5.32 Å². The molecule has 0 saturated carbocycles. The number of hydrogen-bond donors (Lipinski definition) is 1. The Bertz CT molecular complexity index is 1130. The number of hydrogen-bond acceptors (Lipinski definition) is 6. The maximum absolute atomic E-state index is 12.9. The molecule has 1 heterocycles. The van der Waals surface area contributed by atoms with Gasteiger partial charge in [-0.25, -0.2) is 13.2 Å². The molecule has 0 aliphatic heterocycles. The minimum Gasteiger partial charge on any atom is -0.444 e. The molecule has 32 heavy (non-hydrogen) atoms. The molecule has 6 nitrogen and oxygen atoms in total. The molecule has 1 atom stereocenters. The Labute approximate surface area is 193 Å². The Morgan fingerprint density at radius 2 is 1.81 bits per heavy atom. The number of sulfone groups is 1. The van der Waals surface area contributed by atoms with Gasteiger partial charge in [-0.2, -0.15) is 0 Å². The number of thiophene rings is 1. The monoisotopic (exact) mass is 475 g/mol. The average Bonchev–Trinajstić information content (AvgIpc) is 3.14. The fraction of sp³-hybridized carbons (Fsp3) is 0.375. The molecule has 0 bridgehead atoms. The Balaban J connectivity index is 1.66. The third kappa shape index (κ3) is 7.93. The van der Waals surface area contributed by atoms with Crippen molar-refractivity contribution in [3.63, 3.8) is 0 Å². The maximum Gasteiger partial charge on any atom is 0.407 e. The van der Waals surface area contributed by atoms with E-state index in [-0.39, 0.29) is 18.1 Å². The Morgan fingerprint density at radius 1 is 1.06 bits per heavy atom. The number of alkyl carbamates (subject to hydrolysis) is 1. The van der Waals surface area contributed by atoms with Crippen molar-refractivity contribution in [1.29, 1.82) is 0 Å². The molecular weight excluding hydrogens is 446 g/mol. The molecule has 3 aromatic rings. The molecule has 1 N–H and O–H groups in total. The number of amides is 1. The van der Waals surface area contributed by atoms with Gasteiger partial charge in [0.05, 0.1) is 30.8 Å². The first kappa shape index (κ1) is 24.2. The zero-order valence-corrected chi connectivity index (χ0v) is 20.2. The normalized spacial score (nSPS) is 13.1. The molecule has 0 saturated heterocycles. The standard InChI is InChI=1S/C24H29NO5S2/c1-24(2,3)30-23(26)25-21(15-29-14-18-7-5-4-6-8-18)17-32(27,28)16-19-9-10-22-20(13-19)11-12-31-22/h4-13,21H,14-17H2,1-3H3,(H,25,26). The van der Waals surface area contributed by atoms with Crippen LogP contribution < -0.4 is 5.32 Å². The van der Waals surface area contributed by atoms with Crippen LogP contribution in [0.25, 0.3) is 10.1 Å². The average molecular weight is 476 g/mol. The summed E-state index contributed by atoms with van der Waals surface area (Å²) in [5.74, 6) is -0.354. The zero-order valence-electron chi connectivity index (χ0n) is 18.5. The number of fused-ring (bicyclic) bond motifs is 1. The van der Waals surface area contributed by atoms with Crippen LogP contribution in [0, 0.1) is 0 Å². The lowest BCUT2D eigenvalue weighted by Gasteiger charge is -2.23. The smallest absolute Gasteiger partial charge is 0.407 e. The van der Waals surface area contributed by atoms with Gasteiger partial charge in [0, 0.05) is 4.70 Å². The molecular formula is C24H29NO5S2. The molecule has 2 aromatic carbocycles. The van der Waals surface area contributed by atoms with Crippen LogP contribution in [0.1, 0.15) is 31.9 Å². The quantitative estimate of drug-likeness (QED) is 0.475. The largest absolute Gasteiger partial charge is 0.444 e. The fourth-order valence-corrected chi connectivity index (χ4v) is 5.59. The predicted octanol–water partition coefficient (Wildman–Crippen LogP) is 4.93. The van der Waals surface area contributed by atoms with Crippen molar-refractivity contribution in [2.75, 3.05) is 12.4 Å². The molecule has 1 amide bonds. The van der Waals surface area contributed by atoms with Gasteiger partial charge in [-0.05, 0) is 60.9 Å². The third-order valence-corrected chi connectivity index (χ3v) is 7.09. The summed E-state index contributed by atoms with van der Waals surface area (Å²) in [6.07, 6.45) is -0.666. The van der Waals surface area contributed by atoms with Gasteiger partial charge in [-0.15, -0.1) is 11.3 Å². The highest BCUT2D eigenvalue weighted by Crippen LogP contribution is 2.23. The summed E-state index contributed by atoms with van der Waals surface area (Å²) in [5, 5.41) is 5.67. The van der Waals surface area contributed by atoms with Crippen LogP contribution >= 0.6 is 11.3 Å². The second-order valence-electron chi connectivity index (χ2n) is 8.69. The van der Waals surface area contributed by atoms with Crippen molar-refractivity contribution in [2.24, 2.45) is 0 Å². The summed E-state index contributed by atoms with van der Waals surface area (Å²) in [6.45, 7) is 5.64. The van der Waals surface area contributed by atoms with E-state index in [2.05, 4.69) is 5.32 Å². The Hall–Kier alpha value is -2.42. The Morgan fingerprint density at radius 3 is 2.53 bits per heavy atom. The molecule has 172 valence electrons. The fourth-order valence-electron chi connectivity index (χ4n) is 3.22. The van der Waals surface area contributed by atoms with Gasteiger partial charge >= 0.3 is 6.09 Å². The molecule has 0 radical (unpaired) electrons. The molecule has 0 aliphatic carbocycles. The minimum atomic E-state index is -3.52. The van der Waals surface area contributed by atoms with Gasteiger partial charge in [0.1, 0.15) is 5.60 Å². The predicted molar refractivity (Wildman–Crippen MR) is 129 cm³/mol. The summed E-state index contributed by atoms with van der Waals surface area (Å²) in [7, 11) is -3.52. The van der Waals surface area contributed by atoms with Crippen molar-refractivity contribution < 1.29 is 22.7 Å². The summed E-state index contributed by atoms with van der Waals surface area (Å²) < 4.78 is 38.0. The van der Waals surface area contributed by atoms with E-state index in [4.69, 9.17) is 9.47 Å². The highest BCUT2D eigenvalue weighted by molar-refractivity contribution is 7.90. The van der Waals surface area contributed by atoms with E-state index in [1.54, 1.807) is 32.1 Å². The number of nitrogens with one attached hydrogen (secondary N) is 1. The summed E-state index contributed by atoms with van der Waals surface area (Å²) in [4.78, 5) is 12.3. The number of carbonyl (C=O) groups excluding carboxylic acids is 1. The number of rotatable bonds is 9. The second kappa shape index (κ2) is 10.5. The van der Waals surface area contributed by atoms with E-state index >= 15 is 0 Å². The van der Waals surface area contributed by atoms with E-state index < -0.39 is 27.6 Å². The highest BCUT2D eigenvalue weighted by Gasteiger charge is 2.25. The van der Waals surface area contributed by atoms with Crippen LogP contribution in [0.5, 0.6) is 0 Å². The van der Waals surface area contributed by atoms with Crippen molar-refractivity contribution in [3.05, 3.63) is 71.1 Å². The lowest BCUT2D eigenvalue weighted by atomic mass is 10.2. The molecule has 0 fully saturated rings. The van der Waals surface area contributed by atoms with Gasteiger partial charge < -0.3 is 14.8 Å². The molecule has 0 aliphatic rings. The summed E-state index contributed by atoms with van der Waals surface area (Å²) >= 11 is 1.62. The van der Waals surface area contributed by atoms with Crippen LogP contribution in [-0.4, -0.2) is 38.5 Å². The van der Waals surface area contributed by atoms with Crippen LogP contribution in [0.2, 0.25) is 0 Å². The van der Waals surface area contributed by atoms with Crippen LogP contribution in [0.3, 0.4) is 0 Å². The summed E-state index contributed by atoms with van der Waals surface area (Å²) in [6, 6.07) is 16.5. The first-order valence-electron chi connectivity index (χ1n) is 10.4. The lowest BCUT2D eigenvalue weighted by molar-refractivity contribution is 0.0444. The minimum absolute atomic E-state index is 0.0525.